The second-order valence-electron chi connectivity index (χ2n) is 4.32. The fourth-order valence-corrected chi connectivity index (χ4v) is 1.48. The highest BCUT2D eigenvalue weighted by molar-refractivity contribution is 5.88. The van der Waals surface area contributed by atoms with E-state index in [0.717, 1.165) is 0 Å². The van der Waals surface area contributed by atoms with Gasteiger partial charge in [-0.3, -0.25) is 14.8 Å². The van der Waals surface area contributed by atoms with E-state index in [1.807, 2.05) is 0 Å². The summed E-state index contributed by atoms with van der Waals surface area (Å²) in [4.78, 5) is 33.5. The Morgan fingerprint density at radius 3 is 2.37 bits per heavy atom. The van der Waals surface area contributed by atoms with Crippen molar-refractivity contribution in [1.29, 1.82) is 0 Å². The Morgan fingerprint density at radius 1 is 1.26 bits per heavy atom. The van der Waals surface area contributed by atoms with Gasteiger partial charge in [0, 0.05) is 12.3 Å². The van der Waals surface area contributed by atoms with Gasteiger partial charge < -0.3 is 16.2 Å². The molecule has 0 heterocycles. The first-order chi connectivity index (χ1) is 8.92. The second kappa shape index (κ2) is 9.29. The van der Waals surface area contributed by atoms with E-state index in [4.69, 9.17) is 16.0 Å². The molecule has 0 aromatic rings. The van der Waals surface area contributed by atoms with Gasteiger partial charge in [0.15, 0.2) is 0 Å². The Labute approximate surface area is 111 Å². The first-order valence-corrected chi connectivity index (χ1v) is 6.08. The van der Waals surface area contributed by atoms with Crippen LogP contribution < -0.4 is 16.5 Å². The molecule has 0 spiro atoms. The molecule has 1 unspecified atom stereocenters. The molecule has 8 heteroatoms. The first kappa shape index (κ1) is 17.3. The molecular formula is C11H21N3O5. The minimum Gasteiger partial charge on any atom is -0.480 e. The van der Waals surface area contributed by atoms with E-state index in [0.29, 0.717) is 19.4 Å². The number of hydrogen-bond acceptors (Lipinski definition) is 5. The number of carbonyl (C=O) groups is 3. The van der Waals surface area contributed by atoms with Crippen LogP contribution in [0.4, 0.5) is 0 Å². The molecule has 2 atom stereocenters. The van der Waals surface area contributed by atoms with Crippen LogP contribution in [0, 0.1) is 5.92 Å². The van der Waals surface area contributed by atoms with Gasteiger partial charge in [-0.05, 0) is 25.8 Å². The highest BCUT2D eigenvalue weighted by Crippen LogP contribution is 2.06. The molecular weight excluding hydrogens is 254 g/mol. The van der Waals surface area contributed by atoms with Gasteiger partial charge in [0.05, 0.1) is 0 Å². The molecule has 0 fully saturated rings. The number of hydrogen-bond donors (Lipinski definition) is 5. The minimum absolute atomic E-state index is 0.211. The number of unbranched alkanes of at least 4 members (excludes halogenated alkanes) is 1. The van der Waals surface area contributed by atoms with Crippen molar-refractivity contribution in [1.82, 2.24) is 10.8 Å². The number of rotatable bonds is 9. The summed E-state index contributed by atoms with van der Waals surface area (Å²) < 4.78 is 0. The summed E-state index contributed by atoms with van der Waals surface area (Å²) in [5.74, 6) is -3.07. The van der Waals surface area contributed by atoms with Gasteiger partial charge in [0.1, 0.15) is 6.04 Å². The van der Waals surface area contributed by atoms with E-state index in [9.17, 15) is 14.4 Å². The summed E-state index contributed by atoms with van der Waals surface area (Å²) in [6, 6.07) is -0.987. The molecule has 2 amide bonds. The molecule has 0 aliphatic carbocycles. The van der Waals surface area contributed by atoms with Crippen LogP contribution in [-0.4, -0.2) is 40.7 Å². The molecule has 110 valence electrons. The third-order valence-electron chi connectivity index (χ3n) is 2.63. The number of aliphatic carboxylic acids is 1. The highest BCUT2D eigenvalue weighted by atomic mass is 16.5. The van der Waals surface area contributed by atoms with E-state index in [1.54, 1.807) is 0 Å². The third kappa shape index (κ3) is 7.37. The molecule has 0 radical (unpaired) electrons. The average Bonchev–Trinajstić information content (AvgIpc) is 2.36. The van der Waals surface area contributed by atoms with Crippen molar-refractivity contribution in [2.45, 2.75) is 38.6 Å². The van der Waals surface area contributed by atoms with Crippen LogP contribution in [0.3, 0.4) is 0 Å². The molecule has 0 aliphatic heterocycles. The number of hydroxylamine groups is 1. The molecule has 0 aliphatic rings. The van der Waals surface area contributed by atoms with Crippen LogP contribution in [0.2, 0.25) is 0 Å². The fourth-order valence-electron chi connectivity index (χ4n) is 1.48. The number of carbonyl (C=O) groups excluding carboxylic acids is 2. The molecule has 0 saturated heterocycles. The summed E-state index contributed by atoms with van der Waals surface area (Å²) >= 11 is 0. The lowest BCUT2D eigenvalue weighted by molar-refractivity contribution is -0.143. The van der Waals surface area contributed by atoms with E-state index in [2.05, 4.69) is 5.32 Å². The molecule has 19 heavy (non-hydrogen) atoms. The van der Waals surface area contributed by atoms with Gasteiger partial charge in [0.2, 0.25) is 11.8 Å². The number of carboxylic acids is 1. The van der Waals surface area contributed by atoms with Gasteiger partial charge in [-0.15, -0.1) is 0 Å². The quantitative estimate of drug-likeness (QED) is 0.212. The Balaban J connectivity index is 4.29. The van der Waals surface area contributed by atoms with Gasteiger partial charge in [0.25, 0.3) is 0 Å². The molecule has 8 nitrogen and oxygen atoms in total. The predicted molar refractivity (Wildman–Crippen MR) is 66.2 cm³/mol. The molecule has 0 aromatic heterocycles. The number of nitrogens with one attached hydrogen (secondary N) is 2. The Hall–Kier alpha value is -1.67. The average molecular weight is 275 g/mol. The number of carboxylic acid groups (broad SMARTS) is 1. The minimum atomic E-state index is -1.12. The monoisotopic (exact) mass is 275 g/mol. The van der Waals surface area contributed by atoms with E-state index < -0.39 is 29.7 Å². The van der Waals surface area contributed by atoms with Crippen LogP contribution in [0.1, 0.15) is 32.6 Å². The van der Waals surface area contributed by atoms with Crippen molar-refractivity contribution < 1.29 is 24.7 Å². The van der Waals surface area contributed by atoms with E-state index >= 15 is 0 Å². The summed E-state index contributed by atoms with van der Waals surface area (Å²) in [6.45, 7) is 1.94. The Morgan fingerprint density at radius 2 is 1.89 bits per heavy atom. The van der Waals surface area contributed by atoms with Gasteiger partial charge in [-0.2, -0.15) is 0 Å². The van der Waals surface area contributed by atoms with Crippen molar-refractivity contribution in [3.05, 3.63) is 0 Å². The van der Waals surface area contributed by atoms with Crippen molar-refractivity contribution in [2.24, 2.45) is 11.7 Å². The smallest absolute Gasteiger partial charge is 0.326 e. The van der Waals surface area contributed by atoms with Crippen molar-refractivity contribution >= 4 is 17.8 Å². The first-order valence-electron chi connectivity index (χ1n) is 6.08. The maximum atomic E-state index is 11.7. The van der Waals surface area contributed by atoms with Gasteiger partial charge in [-0.25, -0.2) is 10.3 Å². The lowest BCUT2D eigenvalue weighted by Crippen LogP contribution is -2.44. The Bertz CT molecular complexity index is 321. The lowest BCUT2D eigenvalue weighted by atomic mass is 10.0. The maximum Gasteiger partial charge on any atom is 0.326 e. The van der Waals surface area contributed by atoms with Crippen molar-refractivity contribution in [3.63, 3.8) is 0 Å². The molecule has 6 N–H and O–H groups in total. The zero-order valence-electron chi connectivity index (χ0n) is 10.9. The molecule has 0 bridgehead atoms. The van der Waals surface area contributed by atoms with Crippen LogP contribution in [0.15, 0.2) is 0 Å². The van der Waals surface area contributed by atoms with Crippen molar-refractivity contribution in [2.75, 3.05) is 6.54 Å². The maximum absolute atomic E-state index is 11.7. The van der Waals surface area contributed by atoms with Crippen LogP contribution in [0.5, 0.6) is 0 Å². The highest BCUT2D eigenvalue weighted by Gasteiger charge is 2.23. The van der Waals surface area contributed by atoms with Crippen molar-refractivity contribution in [3.8, 4) is 0 Å². The lowest BCUT2D eigenvalue weighted by Gasteiger charge is -2.17. The van der Waals surface area contributed by atoms with Crippen LogP contribution in [-0.2, 0) is 14.4 Å². The van der Waals surface area contributed by atoms with Gasteiger partial charge >= 0.3 is 5.97 Å². The van der Waals surface area contributed by atoms with E-state index in [1.165, 1.54) is 12.4 Å². The number of amides is 2. The van der Waals surface area contributed by atoms with Gasteiger partial charge in [-0.1, -0.05) is 6.92 Å². The Kier molecular flexibility index (Phi) is 8.47. The van der Waals surface area contributed by atoms with E-state index in [-0.39, 0.29) is 12.8 Å². The predicted octanol–water partition coefficient (Wildman–Crippen LogP) is -0.784. The SMILES string of the molecule is CC(CC(=O)NO)C(=O)N[C@@H](CCCCN)C(=O)O. The molecule has 0 saturated carbocycles. The summed E-state index contributed by atoms with van der Waals surface area (Å²) in [5.41, 5.74) is 6.73. The zero-order chi connectivity index (χ0) is 14.8. The largest absolute Gasteiger partial charge is 0.480 e. The third-order valence-corrected chi connectivity index (χ3v) is 2.63. The standard InChI is InChI=1S/C11H21N3O5/c1-7(6-9(15)14-19)10(16)13-8(11(17)18)4-2-3-5-12/h7-8,19H,2-6,12H2,1H3,(H,13,16)(H,14,15)(H,17,18)/t7?,8-/m0/s1. The fraction of sp³-hybridized carbons (Fsp3) is 0.727. The molecule has 0 rings (SSSR count). The summed E-state index contributed by atoms with van der Waals surface area (Å²) in [6.07, 6.45) is 1.36. The zero-order valence-corrected chi connectivity index (χ0v) is 10.9. The summed E-state index contributed by atoms with van der Waals surface area (Å²) in [7, 11) is 0. The summed E-state index contributed by atoms with van der Waals surface area (Å²) in [5, 5.41) is 19.7. The topological polar surface area (TPSA) is 142 Å². The number of nitrogens with two attached hydrogens (primary N) is 1. The normalized spacial score (nSPS) is 13.4. The second-order valence-corrected chi connectivity index (χ2v) is 4.32. The molecule has 0 aromatic carbocycles. The van der Waals surface area contributed by atoms with Crippen LogP contribution >= 0.6 is 0 Å². The van der Waals surface area contributed by atoms with Crippen LogP contribution in [0.25, 0.3) is 0 Å².